The third kappa shape index (κ3) is 28.7. The van der Waals surface area contributed by atoms with E-state index in [-0.39, 0.29) is 76.9 Å². The Balaban J connectivity index is 1.13. The van der Waals surface area contributed by atoms with E-state index in [9.17, 15) is 58.4 Å². The third-order valence-electron chi connectivity index (χ3n) is 23.4. The van der Waals surface area contributed by atoms with Gasteiger partial charge in [-0.1, -0.05) is 125 Å². The minimum absolute atomic E-state index is 0.00946. The number of aliphatic hydroxyl groups excluding tert-OH is 2. The molecule has 0 aliphatic carbocycles. The number of carboxylic acid groups (broad SMARTS) is 1. The van der Waals surface area contributed by atoms with Gasteiger partial charge < -0.3 is 115 Å². The fourth-order valence-electron chi connectivity index (χ4n) is 16.1. The van der Waals surface area contributed by atoms with Gasteiger partial charge in [-0.3, -0.25) is 76.7 Å². The number of phenols is 1. The summed E-state index contributed by atoms with van der Waals surface area (Å²) in [5.74, 6) is -24.8. The predicted molar refractivity (Wildman–Crippen MR) is 480 cm³/mol. The van der Waals surface area contributed by atoms with Gasteiger partial charge in [-0.15, -0.1) is 11.8 Å². The van der Waals surface area contributed by atoms with Gasteiger partial charge in [-0.25, -0.2) is 13.2 Å². The van der Waals surface area contributed by atoms with E-state index in [1.54, 1.807) is 98.0 Å². The van der Waals surface area contributed by atoms with Crippen molar-refractivity contribution in [2.24, 2.45) is 17.4 Å². The van der Waals surface area contributed by atoms with E-state index < -0.39 is 271 Å². The van der Waals surface area contributed by atoms with Gasteiger partial charge >= 0.3 is 5.97 Å². The number of nitrogens with zero attached hydrogens (tertiary/aromatic N) is 5. The summed E-state index contributed by atoms with van der Waals surface area (Å²) in [4.78, 5) is 245. The Morgan fingerprint density at radius 3 is 1.74 bits per heavy atom. The molecule has 1 unspecified atom stereocenters. The number of nitrogens with one attached hydrogen (secondary N) is 11. The number of para-hydroxylation sites is 1. The van der Waals surface area contributed by atoms with Crippen molar-refractivity contribution in [3.8, 4) is 5.75 Å². The molecule has 6 aromatic rings. The number of fused-ring (bicyclic) bond motifs is 3. The normalized spacial score (nSPS) is 24.2. The second-order valence-corrected chi connectivity index (χ2v) is 34.6. The molecule has 3 aliphatic heterocycles. The Hall–Kier alpha value is -13.1. The molecule has 3 aliphatic rings. The number of aliphatic carboxylic acids is 1. The molecule has 0 bridgehead atoms. The van der Waals surface area contributed by atoms with Crippen LogP contribution in [-0.4, -0.2) is 308 Å². The molecule has 3 fully saturated rings. The number of benzene rings is 5. The van der Waals surface area contributed by atoms with Gasteiger partial charge in [0.1, 0.15) is 84.3 Å². The zero-order chi connectivity index (χ0) is 97.0. The van der Waals surface area contributed by atoms with Crippen LogP contribution in [0.3, 0.4) is 0 Å². The molecule has 133 heavy (non-hydrogen) atoms. The van der Waals surface area contributed by atoms with Gasteiger partial charge in [0.05, 0.1) is 24.8 Å². The van der Waals surface area contributed by atoms with Gasteiger partial charge in [-0.05, 0) is 96.3 Å². The van der Waals surface area contributed by atoms with Crippen LogP contribution in [0.15, 0.2) is 128 Å². The average Bonchev–Trinajstić information content (AvgIpc) is 1.70. The number of piperazine rings is 1. The van der Waals surface area contributed by atoms with Gasteiger partial charge in [0, 0.05) is 115 Å². The molecule has 38 nitrogen and oxygen atoms in total. The molecule has 3 saturated heterocycles. The Labute approximate surface area is 769 Å². The van der Waals surface area contributed by atoms with Crippen LogP contribution in [0.2, 0.25) is 0 Å². The van der Waals surface area contributed by atoms with E-state index in [4.69, 9.17) is 11.5 Å². The number of H-pyrrole nitrogens is 1. The Morgan fingerprint density at radius 1 is 0.556 bits per heavy atom. The average molecular weight is 1870 g/mol. The number of thioether (sulfide) groups is 1. The summed E-state index contributed by atoms with van der Waals surface area (Å²) < 4.78 is 45.0. The summed E-state index contributed by atoms with van der Waals surface area (Å²) in [7, 11) is 3.64. The van der Waals surface area contributed by atoms with Crippen molar-refractivity contribution in [1.29, 1.82) is 0 Å². The number of aliphatic hydroxyl groups is 2. The Morgan fingerprint density at radius 2 is 1.11 bits per heavy atom. The van der Waals surface area contributed by atoms with E-state index in [0.717, 1.165) is 26.6 Å². The van der Waals surface area contributed by atoms with E-state index in [2.05, 4.69) is 58.2 Å². The minimum atomic E-state index is -2.03. The first-order valence-corrected chi connectivity index (χ1v) is 45.0. The number of primary amides is 1. The van der Waals surface area contributed by atoms with Crippen LogP contribution in [0.1, 0.15) is 100.0 Å². The number of phenolic OH excluding ortho intramolecular Hbond substituents is 1. The van der Waals surface area contributed by atoms with Crippen LogP contribution < -0.4 is 64.6 Å². The number of rotatable bonds is 24. The highest BCUT2D eigenvalue weighted by atomic mass is 32.2. The SMILES string of the molecule is CCCC[C@H]1C(=O)N2C[C@H](O)C[C@@H]2C(=O)N[C@@H](CC(=O)O)C(=O)N[C@@H](C(C)C)C(=O)N(C)[C@@H](Cc2ccccc2)C(=O)N[C@@H](CCCN)C(=O)N2CCNC[C@@H]2C(=O)N[C@@H](Cc2c[nH]c3ccccc23)C(=O)N[C@@H](Cc2ccc(O)cc2)C(=O)N[C@@H](CCO)C(=O)N[C@H](C(=O)NCC(N)=O)CSCC(=O)N[C@@H](Cc2cc(F)c(F)c(F)c2)C(=O)N(C)C(Cc2ccccc2)C(=O)N1C. The molecule has 1 aromatic heterocycles. The van der Waals surface area contributed by atoms with Gasteiger partial charge in [0.25, 0.3) is 0 Å². The van der Waals surface area contributed by atoms with E-state index >= 15 is 51.9 Å². The number of carbonyl (C=O) groups is 16. The van der Waals surface area contributed by atoms with E-state index in [1.807, 2.05) is 0 Å². The van der Waals surface area contributed by atoms with Crippen LogP contribution >= 0.6 is 11.8 Å². The molecule has 14 atom stereocenters. The number of hydrogen-bond acceptors (Lipinski definition) is 22. The summed E-state index contributed by atoms with van der Waals surface area (Å²) in [5.41, 5.74) is 13.4. The third-order valence-corrected chi connectivity index (χ3v) is 24.5. The van der Waals surface area contributed by atoms with Crippen LogP contribution in [0, 0.1) is 23.4 Å². The molecule has 718 valence electrons. The highest BCUT2D eigenvalue weighted by molar-refractivity contribution is 8.00. The second-order valence-electron chi connectivity index (χ2n) is 33.5. The van der Waals surface area contributed by atoms with Crippen LogP contribution in [0.25, 0.3) is 10.9 Å². The molecule has 4 heterocycles. The summed E-state index contributed by atoms with van der Waals surface area (Å²) in [6, 6.07) is 8.09. The number of aromatic hydroxyl groups is 1. The second kappa shape index (κ2) is 49.4. The summed E-state index contributed by atoms with van der Waals surface area (Å²) >= 11 is 0.615. The number of aromatic amines is 1. The maximum absolute atomic E-state index is 15.7. The van der Waals surface area contributed by atoms with Crippen LogP contribution in [0.4, 0.5) is 13.2 Å². The number of carbonyl (C=O) groups excluding carboxylic acids is 15. The fraction of sp³-hybridized carbons (Fsp3) is 0.473. The maximum atomic E-state index is 15.7. The van der Waals surface area contributed by atoms with Gasteiger partial charge in [0.15, 0.2) is 17.5 Å². The molecule has 0 radical (unpaired) electrons. The monoisotopic (exact) mass is 1870 g/mol. The van der Waals surface area contributed by atoms with Gasteiger partial charge in [0.2, 0.25) is 88.6 Å². The molecule has 15 amide bonds. The Kier molecular flexibility index (Phi) is 38.5. The maximum Gasteiger partial charge on any atom is 0.305 e. The van der Waals surface area contributed by atoms with Crippen molar-refractivity contribution in [3.63, 3.8) is 0 Å². The van der Waals surface area contributed by atoms with Gasteiger partial charge in [-0.2, -0.15) is 0 Å². The summed E-state index contributed by atoms with van der Waals surface area (Å²) in [6.45, 7) is 2.33. The Bertz CT molecular complexity index is 5120. The summed E-state index contributed by atoms with van der Waals surface area (Å²) in [6.07, 6.45) is -3.70. The van der Waals surface area contributed by atoms with Crippen molar-refractivity contribution in [2.45, 2.75) is 189 Å². The van der Waals surface area contributed by atoms with Crippen molar-refractivity contribution >= 4 is 117 Å². The lowest BCUT2D eigenvalue weighted by molar-refractivity contribution is -0.152. The lowest BCUT2D eigenvalue weighted by atomic mass is 9.98. The molecule has 42 heteroatoms. The molecule has 0 saturated carbocycles. The molecular formula is C91H117F3N18O20S. The zero-order valence-electron chi connectivity index (χ0n) is 74.6. The number of carboxylic acids is 1. The molecular weight excluding hydrogens is 1750 g/mol. The number of unbranched alkanes of at least 4 members (excludes halogenated alkanes) is 1. The number of halogens is 3. The molecule has 19 N–H and O–H groups in total. The van der Waals surface area contributed by atoms with Crippen molar-refractivity contribution in [2.75, 3.05) is 78.5 Å². The lowest BCUT2D eigenvalue weighted by Gasteiger charge is -2.38. The number of nitrogens with two attached hydrogens (primary N) is 2. The van der Waals surface area contributed by atoms with Crippen molar-refractivity contribution < 1.29 is 110 Å². The first-order chi connectivity index (χ1) is 63.4. The van der Waals surface area contributed by atoms with Crippen molar-refractivity contribution in [1.82, 2.24) is 82.7 Å². The van der Waals surface area contributed by atoms with E-state index in [1.165, 1.54) is 57.1 Å². The number of amides is 15. The zero-order valence-corrected chi connectivity index (χ0v) is 75.4. The van der Waals surface area contributed by atoms with Crippen molar-refractivity contribution in [3.05, 3.63) is 173 Å². The standard InChI is InChI=1S/C91H117F3N18O20S/c1-7-8-25-69-90(131)112-47-57(115)42-71(112)85(126)105-66(43-76(118)119)83(124)107-78(50(2)3)91(132)109(5)70(39-51-18-11-9-12-19-51)84(125)102-63(24-17-31-95)88(129)111-33-32-97-45-73(111)86(127)104-65(41-55-44-98-61-23-16-15-22-58(55)61)82(123)103-64(37-53-26-28-56(114)29-27-53)81(122)101-62(30-34-113)80(121)106-68(79(120)99-46-74(96)116)48-133-49-75(117)100-67(38-54-35-59(92)77(94)60(93)36-54)87(128)110(6)72(89(130)108(69)4)40-52-20-13-10-14-21-52/h9-16,18-23,26-29,35-36,44,50,57,62-73,78,97-98,113-115H,7-8,17,24-25,30-34,37-43,45-49,95H2,1-6H3,(H2,96,116)(H,99,120)(H,100,117)(H,101,122)(H,102,125)(H,103,123)(H,104,127)(H,105,126)(H,106,121)(H,107,124)(H,118,119)/t57-,62+,63+,64+,65+,66+,67+,68+,69+,70+,71-,72?,73-,78+/m1/s1. The lowest BCUT2D eigenvalue weighted by Crippen LogP contribution is -2.65. The fourth-order valence-corrected chi connectivity index (χ4v) is 17.0. The van der Waals surface area contributed by atoms with Crippen LogP contribution in [-0.2, 0) is 109 Å². The molecule has 5 aromatic carbocycles. The quantitative estimate of drug-likeness (QED) is 0.0314. The summed E-state index contributed by atoms with van der Waals surface area (Å²) in [5, 5.41) is 69.4. The predicted octanol–water partition coefficient (Wildman–Crippen LogP) is -1.28. The minimum Gasteiger partial charge on any atom is -0.508 e. The first kappa shape index (κ1) is 104. The highest BCUT2D eigenvalue weighted by Gasteiger charge is 2.48. The first-order valence-electron chi connectivity index (χ1n) is 43.8. The number of aromatic nitrogens is 1. The van der Waals surface area contributed by atoms with Crippen LogP contribution in [0.5, 0.6) is 5.75 Å². The molecule has 9 rings (SSSR count). The molecule has 0 spiro atoms. The van der Waals surface area contributed by atoms with E-state index in [0.29, 0.717) is 63.5 Å². The highest BCUT2D eigenvalue weighted by Crippen LogP contribution is 2.28. The largest absolute Gasteiger partial charge is 0.508 e. The smallest absolute Gasteiger partial charge is 0.305 e. The number of likely N-dealkylation sites (N-methyl/N-ethyl adjacent to an activating group) is 3. The number of hydrogen-bond donors (Lipinski definition) is 17. The topological polar surface area (TPSA) is 558 Å².